The molecular weight excluding hydrogens is 360 g/mol. The smallest absolute Gasteiger partial charge is 0.321 e. The molecule has 1 aliphatic carbocycles. The number of hydrogen-bond donors (Lipinski definition) is 5. The van der Waals surface area contributed by atoms with E-state index in [4.69, 9.17) is 5.21 Å². The van der Waals surface area contributed by atoms with Crippen molar-refractivity contribution in [2.75, 3.05) is 0 Å². The molecule has 1 amide bonds. The average Bonchev–Trinajstić information content (AvgIpc) is 3.09. The molecule has 7 nitrogen and oxygen atoms in total. The number of rotatable bonds is 7. The number of hydroxylamine groups is 1. The predicted molar refractivity (Wildman–Crippen MR) is 103 cm³/mol. The van der Waals surface area contributed by atoms with E-state index in [2.05, 4.69) is 5.32 Å². The lowest BCUT2D eigenvalue weighted by Gasteiger charge is -2.21. The summed E-state index contributed by atoms with van der Waals surface area (Å²) in [5, 5.41) is 30.7. The molecule has 2 atom stereocenters. The summed E-state index contributed by atoms with van der Waals surface area (Å²) in [5.74, 6) is -1.37. The van der Waals surface area contributed by atoms with Gasteiger partial charge < -0.3 is 10.2 Å². The van der Waals surface area contributed by atoms with E-state index in [9.17, 15) is 19.8 Å². The van der Waals surface area contributed by atoms with Crippen LogP contribution in [0.2, 0.25) is 0 Å². The first kappa shape index (κ1) is 19.6. The van der Waals surface area contributed by atoms with Crippen molar-refractivity contribution in [2.45, 2.75) is 31.3 Å². The second-order valence-electron chi connectivity index (χ2n) is 6.79. The molecule has 0 saturated heterocycles. The lowest BCUT2D eigenvalue weighted by atomic mass is 10.0. The van der Waals surface area contributed by atoms with Crippen molar-refractivity contribution in [3.63, 3.8) is 0 Å². The number of carboxylic acid groups (broad SMARTS) is 1. The maximum atomic E-state index is 11.7. The number of aryl methyl sites for hydroxylation is 1. The number of hydrogen-bond acceptors (Lipinski definition) is 5. The molecule has 2 aromatic rings. The first-order valence-electron chi connectivity index (χ1n) is 8.98. The van der Waals surface area contributed by atoms with Gasteiger partial charge in [0.25, 0.3) is 5.91 Å². The summed E-state index contributed by atoms with van der Waals surface area (Å²) in [6.07, 6.45) is 4.77. The minimum atomic E-state index is -0.920. The number of nitrogens with one attached hydrogen (secondary N) is 2. The van der Waals surface area contributed by atoms with Crippen molar-refractivity contribution in [1.29, 1.82) is 0 Å². The molecule has 3 rings (SSSR count). The van der Waals surface area contributed by atoms with Crippen molar-refractivity contribution >= 4 is 18.0 Å². The second-order valence-corrected chi connectivity index (χ2v) is 6.79. The van der Waals surface area contributed by atoms with E-state index in [0.717, 1.165) is 35.1 Å². The summed E-state index contributed by atoms with van der Waals surface area (Å²) >= 11 is 0. The number of aromatic hydroxyl groups is 1. The van der Waals surface area contributed by atoms with Gasteiger partial charge in [0, 0.05) is 12.1 Å². The molecule has 5 N–H and O–H groups in total. The normalized spacial score (nSPS) is 16.7. The number of carbonyl (C=O) groups excluding carboxylic acids is 1. The zero-order valence-corrected chi connectivity index (χ0v) is 15.1. The van der Waals surface area contributed by atoms with Crippen molar-refractivity contribution in [2.24, 2.45) is 0 Å². The fourth-order valence-corrected chi connectivity index (χ4v) is 3.45. The summed E-state index contributed by atoms with van der Waals surface area (Å²) in [6.45, 7) is 0. The third-order valence-electron chi connectivity index (χ3n) is 4.86. The molecule has 0 aromatic heterocycles. The van der Waals surface area contributed by atoms with Gasteiger partial charge in [-0.25, -0.2) is 5.48 Å². The highest BCUT2D eigenvalue weighted by Crippen LogP contribution is 2.32. The van der Waals surface area contributed by atoms with Crippen molar-refractivity contribution in [1.82, 2.24) is 10.8 Å². The number of benzene rings is 2. The van der Waals surface area contributed by atoms with Gasteiger partial charge in [0.05, 0.1) is 0 Å². The predicted octanol–water partition coefficient (Wildman–Crippen LogP) is 2.18. The maximum Gasteiger partial charge on any atom is 0.321 e. The summed E-state index contributed by atoms with van der Waals surface area (Å²) in [7, 11) is 0. The topological polar surface area (TPSA) is 119 Å². The first-order valence-corrected chi connectivity index (χ1v) is 8.98. The highest BCUT2D eigenvalue weighted by molar-refractivity contribution is 5.90. The highest BCUT2D eigenvalue weighted by atomic mass is 16.5. The van der Waals surface area contributed by atoms with E-state index in [0.29, 0.717) is 6.42 Å². The van der Waals surface area contributed by atoms with E-state index < -0.39 is 17.9 Å². The fraction of sp³-hybridized carbons (Fsp3) is 0.238. The number of carboxylic acids is 1. The van der Waals surface area contributed by atoms with E-state index in [1.165, 1.54) is 6.08 Å². The number of aliphatic carboxylic acids is 1. The Hall–Kier alpha value is -3.16. The Balaban J connectivity index is 1.71. The number of carbonyl (C=O) groups is 2. The van der Waals surface area contributed by atoms with Crippen LogP contribution in [0.4, 0.5) is 0 Å². The van der Waals surface area contributed by atoms with Gasteiger partial charge in [-0.2, -0.15) is 0 Å². The molecule has 0 spiro atoms. The van der Waals surface area contributed by atoms with Gasteiger partial charge in [-0.05, 0) is 59.7 Å². The van der Waals surface area contributed by atoms with Crippen LogP contribution in [0.3, 0.4) is 0 Å². The molecule has 7 heteroatoms. The van der Waals surface area contributed by atoms with Crippen LogP contribution in [0.1, 0.15) is 34.7 Å². The molecule has 146 valence electrons. The van der Waals surface area contributed by atoms with Crippen LogP contribution in [0.15, 0.2) is 48.5 Å². The lowest BCUT2D eigenvalue weighted by Crippen LogP contribution is -2.40. The highest BCUT2D eigenvalue weighted by Gasteiger charge is 2.28. The fourth-order valence-electron chi connectivity index (χ4n) is 3.45. The van der Waals surface area contributed by atoms with Crippen LogP contribution in [-0.4, -0.2) is 33.3 Å². The Labute approximate surface area is 162 Å². The van der Waals surface area contributed by atoms with Crippen LogP contribution in [0.25, 0.3) is 6.08 Å². The Morgan fingerprint density at radius 3 is 2.61 bits per heavy atom. The SMILES string of the molecule is O=C(/C=C/c1ccc2c(c1)CCC2NC(Cc1ccc(O)cc1)C(=O)O)NO. The number of phenolic OH excluding ortho intramolecular Hbond substituents is 1. The molecule has 0 radical (unpaired) electrons. The summed E-state index contributed by atoms with van der Waals surface area (Å²) in [5.41, 5.74) is 5.38. The molecule has 1 aliphatic rings. The molecule has 28 heavy (non-hydrogen) atoms. The van der Waals surface area contributed by atoms with Gasteiger partial charge in [-0.1, -0.05) is 30.3 Å². The van der Waals surface area contributed by atoms with E-state index in [1.807, 2.05) is 18.2 Å². The summed E-state index contributed by atoms with van der Waals surface area (Å²) in [6, 6.07) is 11.5. The lowest BCUT2D eigenvalue weighted by molar-refractivity contribution is -0.139. The monoisotopic (exact) mass is 382 g/mol. The van der Waals surface area contributed by atoms with E-state index in [1.54, 1.807) is 35.8 Å². The minimum Gasteiger partial charge on any atom is -0.508 e. The van der Waals surface area contributed by atoms with Crippen molar-refractivity contribution in [3.05, 3.63) is 70.8 Å². The van der Waals surface area contributed by atoms with Gasteiger partial charge in [0.15, 0.2) is 0 Å². The Kier molecular flexibility index (Phi) is 6.08. The molecule has 2 unspecified atom stereocenters. The Morgan fingerprint density at radius 2 is 1.93 bits per heavy atom. The number of fused-ring (bicyclic) bond motifs is 1. The Bertz CT molecular complexity index is 892. The molecule has 0 saturated carbocycles. The molecule has 0 aliphatic heterocycles. The standard InChI is InChI=1S/C21H22N2O5/c24-16-6-1-14(2-7-16)12-19(21(26)27)22-18-9-5-15-11-13(3-8-17(15)18)4-10-20(25)23-28/h1-4,6-8,10-11,18-19,22,24,28H,5,9,12H2,(H,23,25)(H,26,27)/b10-4+. The molecule has 2 aromatic carbocycles. The van der Waals surface area contributed by atoms with E-state index >= 15 is 0 Å². The number of phenols is 1. The van der Waals surface area contributed by atoms with Crippen LogP contribution in [0, 0.1) is 0 Å². The third-order valence-corrected chi connectivity index (χ3v) is 4.86. The minimum absolute atomic E-state index is 0.0630. The summed E-state index contributed by atoms with van der Waals surface area (Å²) < 4.78 is 0. The third kappa shape index (κ3) is 4.76. The van der Waals surface area contributed by atoms with E-state index in [-0.39, 0.29) is 11.8 Å². The first-order chi connectivity index (χ1) is 13.5. The second kappa shape index (κ2) is 8.69. The summed E-state index contributed by atoms with van der Waals surface area (Å²) in [4.78, 5) is 22.8. The number of amides is 1. The quantitative estimate of drug-likeness (QED) is 0.285. The molecule has 0 bridgehead atoms. The van der Waals surface area contributed by atoms with Crippen LogP contribution in [0.5, 0.6) is 5.75 Å². The maximum absolute atomic E-state index is 11.7. The van der Waals surface area contributed by atoms with Gasteiger partial charge in [-0.3, -0.25) is 20.1 Å². The molecule has 0 fully saturated rings. The molecule has 0 heterocycles. The van der Waals surface area contributed by atoms with Crippen molar-refractivity contribution < 1.29 is 25.0 Å². The van der Waals surface area contributed by atoms with Gasteiger partial charge in [-0.15, -0.1) is 0 Å². The van der Waals surface area contributed by atoms with Gasteiger partial charge in [0.1, 0.15) is 11.8 Å². The van der Waals surface area contributed by atoms with Gasteiger partial charge >= 0.3 is 5.97 Å². The van der Waals surface area contributed by atoms with Crippen molar-refractivity contribution in [3.8, 4) is 5.75 Å². The van der Waals surface area contributed by atoms with Crippen LogP contribution < -0.4 is 10.8 Å². The van der Waals surface area contributed by atoms with Gasteiger partial charge in [0.2, 0.25) is 0 Å². The van der Waals surface area contributed by atoms with Crippen LogP contribution in [-0.2, 0) is 22.4 Å². The zero-order chi connectivity index (χ0) is 20.1. The molecular formula is C21H22N2O5. The zero-order valence-electron chi connectivity index (χ0n) is 15.1. The Morgan fingerprint density at radius 1 is 1.18 bits per heavy atom. The van der Waals surface area contributed by atoms with Crippen LogP contribution >= 0.6 is 0 Å². The largest absolute Gasteiger partial charge is 0.508 e. The average molecular weight is 382 g/mol.